The topological polar surface area (TPSA) is 89.8 Å². The van der Waals surface area contributed by atoms with E-state index in [1.807, 2.05) is 13.8 Å². The molecular formula is C10H21N5O2S2. The quantitative estimate of drug-likeness (QED) is 0.488. The number of rotatable bonds is 10. The van der Waals surface area contributed by atoms with Gasteiger partial charge in [0.1, 0.15) is 0 Å². The van der Waals surface area contributed by atoms with Crippen LogP contribution in [-0.2, 0) is 16.4 Å². The lowest BCUT2D eigenvalue weighted by Gasteiger charge is -2.05. The van der Waals surface area contributed by atoms with Gasteiger partial charge in [0.05, 0.1) is 12.3 Å². The van der Waals surface area contributed by atoms with E-state index in [4.69, 9.17) is 0 Å². The summed E-state index contributed by atoms with van der Waals surface area (Å²) in [5.41, 5.74) is 0. The molecule has 0 amide bonds. The smallest absolute Gasteiger partial charge is 0.209 e. The molecule has 0 aromatic carbocycles. The Hall–Kier alpha value is -0.670. The van der Waals surface area contributed by atoms with Crippen LogP contribution in [0.15, 0.2) is 5.16 Å². The van der Waals surface area contributed by atoms with E-state index >= 15 is 0 Å². The molecule has 0 aliphatic rings. The molecule has 1 N–H and O–H groups in total. The van der Waals surface area contributed by atoms with Gasteiger partial charge < -0.3 is 5.32 Å². The molecular weight excluding hydrogens is 286 g/mol. The number of likely N-dealkylation sites (N-methyl/N-ethyl adjacent to an activating group) is 1. The van der Waals surface area contributed by atoms with E-state index in [-0.39, 0.29) is 11.5 Å². The van der Waals surface area contributed by atoms with Crippen LogP contribution < -0.4 is 5.32 Å². The number of thioether (sulfide) groups is 1. The van der Waals surface area contributed by atoms with Crippen LogP contribution in [0, 0.1) is 0 Å². The first-order chi connectivity index (χ1) is 9.09. The lowest BCUT2D eigenvalue weighted by molar-refractivity contribution is 0.517. The third-order valence-corrected chi connectivity index (χ3v) is 5.46. The summed E-state index contributed by atoms with van der Waals surface area (Å²) in [6.07, 6.45) is 0.660. The van der Waals surface area contributed by atoms with Crippen LogP contribution in [-0.4, -0.2) is 59.0 Å². The van der Waals surface area contributed by atoms with E-state index in [2.05, 4.69) is 20.8 Å². The van der Waals surface area contributed by atoms with Gasteiger partial charge in [-0.25, -0.2) is 13.1 Å². The fourth-order valence-electron chi connectivity index (χ4n) is 1.47. The molecule has 0 aliphatic heterocycles. The molecule has 1 aromatic rings. The maximum Gasteiger partial charge on any atom is 0.209 e. The highest BCUT2D eigenvalue weighted by Gasteiger charge is 2.12. The molecule has 0 saturated carbocycles. The molecule has 9 heteroatoms. The van der Waals surface area contributed by atoms with Gasteiger partial charge in [0.25, 0.3) is 0 Å². The summed E-state index contributed by atoms with van der Waals surface area (Å²) >= 11 is 1.38. The van der Waals surface area contributed by atoms with Gasteiger partial charge in [-0.1, -0.05) is 25.6 Å². The number of nitrogens with zero attached hydrogens (tertiary/aromatic N) is 4. The lowest BCUT2D eigenvalue weighted by atomic mass is 10.6. The molecule has 1 heterocycles. The van der Waals surface area contributed by atoms with Gasteiger partial charge in [0.15, 0.2) is 9.84 Å². The van der Waals surface area contributed by atoms with Crippen molar-refractivity contribution >= 4 is 21.6 Å². The van der Waals surface area contributed by atoms with Crippen molar-refractivity contribution in [1.82, 2.24) is 25.5 Å². The fourth-order valence-corrected chi connectivity index (χ4v) is 4.20. The van der Waals surface area contributed by atoms with Crippen molar-refractivity contribution in [3.05, 3.63) is 0 Å². The Morgan fingerprint density at radius 3 is 2.79 bits per heavy atom. The average Bonchev–Trinajstić information content (AvgIpc) is 2.77. The minimum atomic E-state index is -2.93. The molecule has 110 valence electrons. The molecule has 7 nitrogen and oxygen atoms in total. The van der Waals surface area contributed by atoms with E-state index < -0.39 is 9.84 Å². The number of aromatic nitrogens is 4. The molecule has 1 rings (SSSR count). The first-order valence-corrected chi connectivity index (χ1v) is 9.20. The first kappa shape index (κ1) is 16.4. The number of sulfone groups is 1. The number of hydrogen-bond acceptors (Lipinski definition) is 7. The summed E-state index contributed by atoms with van der Waals surface area (Å²) in [4.78, 5) is 0. The van der Waals surface area contributed by atoms with Crippen molar-refractivity contribution in [2.75, 3.05) is 30.3 Å². The van der Waals surface area contributed by atoms with Gasteiger partial charge in [0.2, 0.25) is 5.16 Å². The van der Waals surface area contributed by atoms with Gasteiger partial charge >= 0.3 is 0 Å². The van der Waals surface area contributed by atoms with Crippen molar-refractivity contribution < 1.29 is 8.42 Å². The van der Waals surface area contributed by atoms with Gasteiger partial charge in [-0.3, -0.25) is 0 Å². The molecule has 0 unspecified atom stereocenters. The Kier molecular flexibility index (Phi) is 7.32. The number of nitrogens with one attached hydrogen (secondary N) is 1. The molecule has 1 aromatic heterocycles. The van der Waals surface area contributed by atoms with Crippen LogP contribution in [0.25, 0.3) is 0 Å². The third-order valence-electron chi connectivity index (χ3n) is 2.39. The Labute approximate surface area is 118 Å². The van der Waals surface area contributed by atoms with E-state index in [0.717, 1.165) is 13.1 Å². The first-order valence-electron chi connectivity index (χ1n) is 6.39. The zero-order valence-electron chi connectivity index (χ0n) is 11.4. The van der Waals surface area contributed by atoms with Crippen molar-refractivity contribution in [2.45, 2.75) is 32.0 Å². The van der Waals surface area contributed by atoms with Crippen LogP contribution in [0.5, 0.6) is 0 Å². The van der Waals surface area contributed by atoms with E-state index in [0.29, 0.717) is 23.9 Å². The summed E-state index contributed by atoms with van der Waals surface area (Å²) < 4.78 is 24.8. The molecule has 0 spiro atoms. The van der Waals surface area contributed by atoms with Crippen LogP contribution in [0.3, 0.4) is 0 Å². The van der Waals surface area contributed by atoms with E-state index in [1.165, 1.54) is 11.8 Å². The van der Waals surface area contributed by atoms with Crippen molar-refractivity contribution in [2.24, 2.45) is 0 Å². The van der Waals surface area contributed by atoms with Gasteiger partial charge in [-0.15, -0.1) is 5.10 Å². The molecule has 0 radical (unpaired) electrons. The second-order valence-corrected chi connectivity index (χ2v) is 7.40. The molecule has 19 heavy (non-hydrogen) atoms. The monoisotopic (exact) mass is 307 g/mol. The van der Waals surface area contributed by atoms with E-state index in [9.17, 15) is 8.42 Å². The van der Waals surface area contributed by atoms with Crippen molar-refractivity contribution in [1.29, 1.82) is 0 Å². The predicted octanol–water partition coefficient (Wildman–Crippen LogP) is 0.200. The van der Waals surface area contributed by atoms with Gasteiger partial charge in [0, 0.05) is 18.1 Å². The standard InChI is InChI=1S/C10H21N5O2S2/c1-3-8-19(16,17)9-7-18-10-12-13-14-15(10)6-5-11-4-2/h11H,3-9H2,1-2H3. The molecule has 0 atom stereocenters. The molecule has 0 fully saturated rings. The second kappa shape index (κ2) is 8.49. The number of hydrogen-bond donors (Lipinski definition) is 1. The highest BCUT2D eigenvalue weighted by molar-refractivity contribution is 8.00. The minimum Gasteiger partial charge on any atom is -0.315 e. The Balaban J connectivity index is 2.39. The molecule has 0 bridgehead atoms. The average molecular weight is 307 g/mol. The predicted molar refractivity (Wildman–Crippen MR) is 76.0 cm³/mol. The van der Waals surface area contributed by atoms with Crippen LogP contribution in [0.2, 0.25) is 0 Å². The fraction of sp³-hybridized carbons (Fsp3) is 0.900. The number of tetrazole rings is 1. The highest BCUT2D eigenvalue weighted by atomic mass is 32.2. The Morgan fingerprint density at radius 1 is 1.32 bits per heavy atom. The van der Waals surface area contributed by atoms with Crippen LogP contribution in [0.1, 0.15) is 20.3 Å². The minimum absolute atomic E-state index is 0.172. The maximum atomic E-state index is 11.6. The van der Waals surface area contributed by atoms with E-state index in [1.54, 1.807) is 4.68 Å². The molecule has 0 saturated heterocycles. The Bertz CT molecular complexity index is 460. The van der Waals surface area contributed by atoms with Crippen LogP contribution in [0.4, 0.5) is 0 Å². The zero-order valence-corrected chi connectivity index (χ0v) is 13.0. The summed E-state index contributed by atoms with van der Waals surface area (Å²) in [6, 6.07) is 0. The maximum absolute atomic E-state index is 11.6. The molecule has 0 aliphatic carbocycles. The van der Waals surface area contributed by atoms with Gasteiger partial charge in [-0.05, 0) is 23.4 Å². The summed E-state index contributed by atoms with van der Waals surface area (Å²) in [5.74, 6) is 0.911. The zero-order chi connectivity index (χ0) is 14.1. The normalized spacial score (nSPS) is 11.9. The summed E-state index contributed by atoms with van der Waals surface area (Å²) in [5, 5.41) is 15.3. The van der Waals surface area contributed by atoms with Crippen LogP contribution >= 0.6 is 11.8 Å². The Morgan fingerprint density at radius 2 is 2.11 bits per heavy atom. The van der Waals surface area contributed by atoms with Crippen molar-refractivity contribution in [3.8, 4) is 0 Å². The SMILES string of the molecule is CCCS(=O)(=O)CCSc1nnnn1CCNCC. The second-order valence-electron chi connectivity index (χ2n) is 4.04. The highest BCUT2D eigenvalue weighted by Crippen LogP contribution is 2.14. The largest absolute Gasteiger partial charge is 0.315 e. The van der Waals surface area contributed by atoms with Crippen molar-refractivity contribution in [3.63, 3.8) is 0 Å². The summed E-state index contributed by atoms with van der Waals surface area (Å²) in [6.45, 7) is 6.29. The third kappa shape index (κ3) is 6.35. The lowest BCUT2D eigenvalue weighted by Crippen LogP contribution is -2.20. The van der Waals surface area contributed by atoms with Gasteiger partial charge in [-0.2, -0.15) is 0 Å². The summed E-state index contributed by atoms with van der Waals surface area (Å²) in [7, 11) is -2.93.